The number of aliphatic imine (C=N–C) groups is 1. The average molecular weight is 787 g/mol. The van der Waals surface area contributed by atoms with Crippen LogP contribution in [0.5, 0.6) is 0 Å². The number of aliphatic hydroxyl groups is 1. The van der Waals surface area contributed by atoms with Crippen LogP contribution in [0.1, 0.15) is 118 Å². The van der Waals surface area contributed by atoms with Crippen LogP contribution in [-0.4, -0.2) is 119 Å². The molecule has 11 N–H and O–H groups in total. The number of carboxylic acids is 1. The van der Waals surface area contributed by atoms with Gasteiger partial charge in [-0.05, 0) is 70.9 Å². The number of guanidine groups is 1. The number of aliphatic carboxylic acids is 1. The normalized spacial score (nSPS) is 23.0. The minimum absolute atomic E-state index is 0.0211. The Morgan fingerprint density at radius 1 is 0.815 bits per heavy atom. The molecule has 1 aliphatic rings. The molecule has 0 spiro atoms. The molecule has 1 rings (SSSR count). The largest absolute Gasteiger partial charge is 0.481 e. The molecule has 6 atom stereocenters. The number of nitrogens with zero attached hydrogens (tertiary/aromatic N) is 1. The lowest BCUT2D eigenvalue weighted by Gasteiger charge is -2.27. The van der Waals surface area contributed by atoms with E-state index in [-0.39, 0.29) is 44.6 Å². The van der Waals surface area contributed by atoms with Crippen molar-refractivity contribution in [2.45, 2.75) is 154 Å². The van der Waals surface area contributed by atoms with E-state index in [4.69, 9.17) is 11.5 Å². The summed E-state index contributed by atoms with van der Waals surface area (Å²) < 4.78 is 0. The Bertz CT molecular complexity index is 1210. The van der Waals surface area contributed by atoms with Gasteiger partial charge in [0.1, 0.15) is 18.1 Å². The number of carbonyl (C=O) groups is 7. The van der Waals surface area contributed by atoms with Crippen molar-refractivity contribution in [1.29, 1.82) is 0 Å². The monoisotopic (exact) mass is 786 g/mol. The fourth-order valence-electron chi connectivity index (χ4n) is 5.33. The van der Waals surface area contributed by atoms with E-state index in [0.717, 1.165) is 0 Å². The van der Waals surface area contributed by atoms with Gasteiger partial charge in [-0.2, -0.15) is 11.8 Å². The van der Waals surface area contributed by atoms with Gasteiger partial charge in [0, 0.05) is 19.4 Å². The highest BCUT2D eigenvalue weighted by Gasteiger charge is 2.34. The average Bonchev–Trinajstić information content (AvgIpc) is 3.12. The molecule has 17 nitrogen and oxygen atoms in total. The molecule has 1 aliphatic heterocycles. The maximum absolute atomic E-state index is 13.5. The third-order valence-corrected chi connectivity index (χ3v) is 9.20. The summed E-state index contributed by atoms with van der Waals surface area (Å²) in [4.78, 5) is 94.1. The quantitative estimate of drug-likeness (QED) is 0.0450. The zero-order chi connectivity index (χ0) is 41.1. The van der Waals surface area contributed by atoms with Crippen LogP contribution >= 0.6 is 11.8 Å². The minimum Gasteiger partial charge on any atom is -0.481 e. The van der Waals surface area contributed by atoms with Gasteiger partial charge in [-0.15, -0.1) is 0 Å². The number of nitrogens with two attached hydrogens (primary N) is 2. The molecule has 1 heterocycles. The van der Waals surface area contributed by atoms with Crippen molar-refractivity contribution in [3.63, 3.8) is 0 Å². The first kappa shape index (κ1) is 50.2. The summed E-state index contributed by atoms with van der Waals surface area (Å²) in [7, 11) is 0. The molecule has 0 saturated carbocycles. The van der Waals surface area contributed by atoms with Crippen LogP contribution in [0.4, 0.5) is 0 Å². The number of nitrogens with one attached hydrogen (secondary N) is 5. The van der Waals surface area contributed by atoms with Crippen molar-refractivity contribution in [3.8, 4) is 0 Å². The number of unbranched alkanes of at least 4 members (excludes halogenated alkanes) is 5. The van der Waals surface area contributed by atoms with E-state index in [1.54, 1.807) is 6.26 Å². The Morgan fingerprint density at radius 2 is 1.39 bits per heavy atom. The molecule has 3 unspecified atom stereocenters. The van der Waals surface area contributed by atoms with Crippen molar-refractivity contribution in [2.75, 3.05) is 25.1 Å². The number of carbonyl (C=O) groups excluding carboxylic acids is 6. The third kappa shape index (κ3) is 22.4. The van der Waals surface area contributed by atoms with Gasteiger partial charge in [-0.25, -0.2) is 0 Å². The number of amides is 4. The second-order valence-corrected chi connectivity index (χ2v) is 14.4. The highest BCUT2D eigenvalue weighted by molar-refractivity contribution is 7.98. The van der Waals surface area contributed by atoms with Crippen LogP contribution < -0.4 is 38.1 Å². The number of hydrogen-bond acceptors (Lipinski definition) is 11. The lowest BCUT2D eigenvalue weighted by Crippen LogP contribution is -2.59. The van der Waals surface area contributed by atoms with E-state index in [1.165, 1.54) is 64.1 Å². The summed E-state index contributed by atoms with van der Waals surface area (Å²) >= 11 is 1.40. The van der Waals surface area contributed by atoms with Gasteiger partial charge >= 0.3 is 5.97 Å². The number of Topliss-reactive ketones (excluding diaryl/α,β-unsaturated/α-hetero) is 2. The van der Waals surface area contributed by atoms with E-state index in [2.05, 4.69) is 45.4 Å². The van der Waals surface area contributed by atoms with Crippen molar-refractivity contribution in [3.05, 3.63) is 0 Å². The molecule has 54 heavy (non-hydrogen) atoms. The second kappa shape index (κ2) is 29.6. The predicted molar refractivity (Wildman–Crippen MR) is 210 cm³/mol. The van der Waals surface area contributed by atoms with Crippen LogP contribution in [0.15, 0.2) is 4.99 Å². The van der Waals surface area contributed by atoms with Crippen LogP contribution in [-0.2, 0) is 33.6 Å². The predicted octanol–water partition coefficient (Wildman–Crippen LogP) is 0.645. The molecule has 0 bridgehead atoms. The number of aliphatic hydroxyl groups excluding tert-OH is 1. The van der Waals surface area contributed by atoms with Gasteiger partial charge in [0.25, 0.3) is 0 Å². The van der Waals surface area contributed by atoms with Gasteiger partial charge in [-0.1, -0.05) is 52.4 Å². The van der Waals surface area contributed by atoms with E-state index in [0.29, 0.717) is 25.1 Å². The van der Waals surface area contributed by atoms with Gasteiger partial charge in [0.15, 0.2) is 5.96 Å². The van der Waals surface area contributed by atoms with E-state index < -0.39 is 83.9 Å². The first-order valence-electron chi connectivity index (χ1n) is 19.0. The Morgan fingerprint density at radius 3 is 1.93 bits per heavy atom. The Hall–Kier alpha value is -3.77. The minimum atomic E-state index is -1.48. The maximum Gasteiger partial charge on any atom is 0.303 e. The highest BCUT2D eigenvalue weighted by Crippen LogP contribution is 2.09. The molecule has 0 aromatic carbocycles. The van der Waals surface area contributed by atoms with Gasteiger partial charge in [-0.3, -0.25) is 38.6 Å². The number of ketones is 2. The molecule has 0 aromatic rings. The Labute approximate surface area is 324 Å². The molecular weight excluding hydrogens is 721 g/mol. The number of hydrogen-bond donors (Lipinski definition) is 9. The van der Waals surface area contributed by atoms with Crippen molar-refractivity contribution in [1.82, 2.24) is 26.6 Å². The van der Waals surface area contributed by atoms with E-state index in [9.17, 15) is 43.8 Å². The Kier molecular flexibility index (Phi) is 27.5. The fourth-order valence-corrected chi connectivity index (χ4v) is 5.80. The first-order valence-corrected chi connectivity index (χ1v) is 20.4. The van der Waals surface area contributed by atoms with Crippen LogP contribution in [0.2, 0.25) is 0 Å². The SMILES string of the molecule is CCCCCCCC.CSCCC1NC(=O)[C@H](CCCN=C(N)N)NC(=O)C(CCC(=O)O)NC(=O)[C@H]([C@@H](C)O)NC(=O)CCCCNC(C)C(=O)C1=O. The van der Waals surface area contributed by atoms with Crippen LogP contribution in [0, 0.1) is 0 Å². The molecule has 310 valence electrons. The van der Waals surface area contributed by atoms with Crippen LogP contribution in [0.25, 0.3) is 0 Å². The summed E-state index contributed by atoms with van der Waals surface area (Å²) in [5.74, 6) is -5.80. The summed E-state index contributed by atoms with van der Waals surface area (Å²) in [6.07, 6.45) is 9.06. The zero-order valence-corrected chi connectivity index (χ0v) is 33.6. The van der Waals surface area contributed by atoms with Gasteiger partial charge in [0.05, 0.1) is 18.2 Å². The summed E-state index contributed by atoms with van der Waals surface area (Å²) in [6, 6.07) is -6.33. The van der Waals surface area contributed by atoms with Gasteiger partial charge < -0.3 is 48.3 Å². The number of rotatable bonds is 16. The van der Waals surface area contributed by atoms with E-state index in [1.807, 2.05) is 0 Å². The lowest BCUT2D eigenvalue weighted by atomic mass is 10.00. The van der Waals surface area contributed by atoms with Crippen molar-refractivity contribution in [2.24, 2.45) is 16.5 Å². The van der Waals surface area contributed by atoms with E-state index >= 15 is 0 Å². The van der Waals surface area contributed by atoms with Crippen molar-refractivity contribution < 1.29 is 43.8 Å². The molecule has 18 heteroatoms. The molecule has 0 aromatic heterocycles. The van der Waals surface area contributed by atoms with Crippen molar-refractivity contribution >= 4 is 58.9 Å². The Balaban J connectivity index is 0.00000313. The first-order chi connectivity index (χ1) is 25.6. The molecule has 1 fully saturated rings. The molecular formula is C36H66N8O9S. The lowest BCUT2D eigenvalue weighted by molar-refractivity contribution is -0.140. The number of carboxylic acid groups (broad SMARTS) is 1. The van der Waals surface area contributed by atoms with Gasteiger partial charge in [0.2, 0.25) is 35.2 Å². The fraction of sp³-hybridized carbons (Fsp3) is 0.778. The third-order valence-electron chi connectivity index (χ3n) is 8.56. The standard InChI is InChI=1S/C28H48N8O9S.C8H18/c1-15-23(41)24(42)17(11-14-46-3)33-25(43)18(7-6-13-32-28(29)30)34-26(44)19(9-10-21(39)40)35-27(45)22(16(2)37)36-20(38)8-4-5-12-31-15;1-3-5-7-8-6-4-2/h15-19,22,31,37H,4-14H2,1-3H3,(H,33,43)(H,34,44)(H,35,45)(H,36,38)(H,39,40)(H4,29,30,32);3-8H2,1-2H3/t15?,16-,17?,18+,19?,22+;/m1./s1. The molecule has 0 aliphatic carbocycles. The zero-order valence-electron chi connectivity index (χ0n) is 32.7. The maximum atomic E-state index is 13.5. The molecule has 0 radical (unpaired) electrons. The molecule has 1 saturated heterocycles. The summed E-state index contributed by atoms with van der Waals surface area (Å²) in [5.41, 5.74) is 10.7. The molecule has 4 amide bonds. The smallest absolute Gasteiger partial charge is 0.303 e. The second-order valence-electron chi connectivity index (χ2n) is 13.4. The highest BCUT2D eigenvalue weighted by atomic mass is 32.2. The van der Waals surface area contributed by atoms with Crippen LogP contribution in [0.3, 0.4) is 0 Å². The topological polar surface area (TPSA) is 284 Å². The summed E-state index contributed by atoms with van der Waals surface area (Å²) in [5, 5.41) is 32.3. The number of thioether (sulfide) groups is 1. The summed E-state index contributed by atoms with van der Waals surface area (Å²) in [6.45, 7) is 7.68.